The van der Waals surface area contributed by atoms with E-state index in [0.29, 0.717) is 12.5 Å². The van der Waals surface area contributed by atoms with Crippen LogP contribution in [-0.4, -0.2) is 51.4 Å². The number of likely N-dealkylation sites (tertiary alicyclic amines) is 2. The number of hydrogen-bond acceptors (Lipinski definition) is 4. The number of anilines is 1. The third kappa shape index (κ3) is 6.10. The van der Waals surface area contributed by atoms with E-state index in [4.69, 9.17) is 4.98 Å². The second kappa shape index (κ2) is 10.8. The van der Waals surface area contributed by atoms with Crippen molar-refractivity contribution in [1.82, 2.24) is 14.8 Å². The third-order valence-electron chi connectivity index (χ3n) is 8.89. The normalized spacial score (nSPS) is 20.4. The molecule has 5 heteroatoms. The Morgan fingerprint density at radius 2 is 1.63 bits per heavy atom. The number of hydrogen-bond donors (Lipinski definition) is 1. The van der Waals surface area contributed by atoms with Crippen LogP contribution in [0.1, 0.15) is 82.5 Å². The van der Waals surface area contributed by atoms with E-state index in [9.17, 15) is 4.79 Å². The van der Waals surface area contributed by atoms with E-state index in [2.05, 4.69) is 86.1 Å². The number of pyridine rings is 1. The van der Waals surface area contributed by atoms with Crippen LogP contribution in [0.15, 0.2) is 54.6 Å². The number of aromatic nitrogens is 1. The number of amides is 1. The topological polar surface area (TPSA) is 48.5 Å². The summed E-state index contributed by atoms with van der Waals surface area (Å²) in [7, 11) is 0. The van der Waals surface area contributed by atoms with Crippen molar-refractivity contribution >= 4 is 22.5 Å². The number of piperidine rings is 2. The fraction of sp³-hybridized carbons (Fsp3) is 0.515. The lowest BCUT2D eigenvalue weighted by Crippen LogP contribution is -2.57. The summed E-state index contributed by atoms with van der Waals surface area (Å²) in [6, 6.07) is 19.3. The van der Waals surface area contributed by atoms with E-state index >= 15 is 0 Å². The van der Waals surface area contributed by atoms with Gasteiger partial charge in [0.2, 0.25) is 5.91 Å². The van der Waals surface area contributed by atoms with E-state index in [-0.39, 0.29) is 17.0 Å². The maximum absolute atomic E-state index is 12.8. The van der Waals surface area contributed by atoms with E-state index in [1.165, 1.54) is 30.4 Å². The molecule has 3 aromatic rings. The van der Waals surface area contributed by atoms with Crippen LogP contribution in [0, 0.1) is 6.92 Å². The minimum atomic E-state index is 0.0530. The standard InChI is InChI=1S/C33H44N4O/c1-24-7-9-25(10-8-24)26-15-19-36(20-16-26)23-31(38)35-28-13-14-30-27(21-28)11-12-29(34-30)22-37-32(2,3)17-6-18-33(37,4)5/h7-14,21,26H,6,15-20,22-23H2,1-5H3,(H,35,38). The summed E-state index contributed by atoms with van der Waals surface area (Å²) >= 11 is 0. The SMILES string of the molecule is Cc1ccc(C2CCN(CC(=O)Nc3ccc4nc(CN5C(C)(C)CCCC5(C)C)ccc4c3)CC2)cc1. The van der Waals surface area contributed by atoms with Gasteiger partial charge in [0.1, 0.15) is 0 Å². The van der Waals surface area contributed by atoms with Crippen molar-refractivity contribution in [2.75, 3.05) is 25.0 Å². The zero-order chi connectivity index (χ0) is 26.9. The third-order valence-corrected chi connectivity index (χ3v) is 8.89. The van der Waals surface area contributed by atoms with Crippen molar-refractivity contribution in [3.05, 3.63) is 71.4 Å². The molecule has 1 aromatic heterocycles. The maximum Gasteiger partial charge on any atom is 0.238 e. The Morgan fingerprint density at radius 1 is 0.947 bits per heavy atom. The Hall–Kier alpha value is -2.76. The van der Waals surface area contributed by atoms with Crippen LogP contribution in [0.4, 0.5) is 5.69 Å². The van der Waals surface area contributed by atoms with Crippen molar-refractivity contribution in [2.45, 2.75) is 90.3 Å². The molecular formula is C33H44N4O. The maximum atomic E-state index is 12.8. The second-order valence-electron chi connectivity index (χ2n) is 12.8. The Bertz CT molecular complexity index is 1260. The van der Waals surface area contributed by atoms with Gasteiger partial charge in [-0.1, -0.05) is 35.9 Å². The van der Waals surface area contributed by atoms with Crippen LogP contribution in [0.2, 0.25) is 0 Å². The zero-order valence-electron chi connectivity index (χ0n) is 23.9. The van der Waals surface area contributed by atoms with Crippen LogP contribution in [0.5, 0.6) is 0 Å². The van der Waals surface area contributed by atoms with Gasteiger partial charge in [-0.25, -0.2) is 0 Å². The summed E-state index contributed by atoms with van der Waals surface area (Å²) in [5.41, 5.74) is 5.99. The van der Waals surface area contributed by atoms with Gasteiger partial charge in [-0.15, -0.1) is 0 Å². The summed E-state index contributed by atoms with van der Waals surface area (Å²) in [6.07, 6.45) is 5.93. The molecule has 0 saturated carbocycles. The Morgan fingerprint density at radius 3 is 2.32 bits per heavy atom. The summed E-state index contributed by atoms with van der Waals surface area (Å²) in [5, 5.41) is 4.17. The van der Waals surface area contributed by atoms with Crippen LogP contribution < -0.4 is 5.32 Å². The lowest BCUT2D eigenvalue weighted by Gasteiger charge is -2.52. The molecule has 1 N–H and O–H groups in total. The van der Waals surface area contributed by atoms with Crippen LogP contribution >= 0.6 is 0 Å². The molecule has 38 heavy (non-hydrogen) atoms. The first-order valence-electron chi connectivity index (χ1n) is 14.4. The molecular weight excluding hydrogens is 468 g/mol. The van der Waals surface area contributed by atoms with Gasteiger partial charge in [-0.2, -0.15) is 0 Å². The molecule has 0 bridgehead atoms. The van der Waals surface area contributed by atoms with Crippen LogP contribution in [0.25, 0.3) is 10.9 Å². The van der Waals surface area contributed by atoms with Crippen LogP contribution in [0.3, 0.4) is 0 Å². The van der Waals surface area contributed by atoms with Crippen LogP contribution in [-0.2, 0) is 11.3 Å². The lowest BCUT2D eigenvalue weighted by molar-refractivity contribution is -0.117. The van der Waals surface area contributed by atoms with E-state index in [1.807, 2.05) is 18.2 Å². The van der Waals surface area contributed by atoms with Gasteiger partial charge >= 0.3 is 0 Å². The molecule has 5 nitrogen and oxygen atoms in total. The molecule has 202 valence electrons. The van der Waals surface area contributed by atoms with E-state index < -0.39 is 0 Å². The number of aryl methyl sites for hydroxylation is 1. The lowest BCUT2D eigenvalue weighted by atomic mass is 9.79. The number of fused-ring (bicyclic) bond motifs is 1. The highest BCUT2D eigenvalue weighted by Gasteiger charge is 2.41. The number of nitrogens with one attached hydrogen (secondary N) is 1. The van der Waals surface area contributed by atoms with Crippen molar-refractivity contribution < 1.29 is 4.79 Å². The molecule has 0 aliphatic carbocycles. The van der Waals surface area contributed by atoms with E-state index in [0.717, 1.165) is 54.8 Å². The van der Waals surface area contributed by atoms with Gasteiger partial charge in [0, 0.05) is 28.7 Å². The predicted molar refractivity (Wildman–Crippen MR) is 158 cm³/mol. The smallest absolute Gasteiger partial charge is 0.238 e. The summed E-state index contributed by atoms with van der Waals surface area (Å²) in [5.74, 6) is 0.650. The van der Waals surface area contributed by atoms with Gasteiger partial charge in [0.15, 0.2) is 0 Å². The Kier molecular flexibility index (Phi) is 7.61. The number of nitrogens with zero attached hydrogens (tertiary/aromatic N) is 3. The number of carbonyl (C=O) groups excluding carboxylic acids is 1. The summed E-state index contributed by atoms with van der Waals surface area (Å²) in [6.45, 7) is 14.8. The number of rotatable bonds is 6. The fourth-order valence-corrected chi connectivity index (χ4v) is 6.63. The minimum Gasteiger partial charge on any atom is -0.325 e. The average Bonchev–Trinajstić information content (AvgIpc) is 2.87. The Balaban J connectivity index is 1.17. The molecule has 2 aliphatic rings. The predicted octanol–water partition coefficient (Wildman–Crippen LogP) is 6.90. The molecule has 2 saturated heterocycles. The monoisotopic (exact) mass is 512 g/mol. The number of carbonyl (C=O) groups is 1. The summed E-state index contributed by atoms with van der Waals surface area (Å²) < 4.78 is 0. The quantitative estimate of drug-likeness (QED) is 0.390. The molecule has 0 radical (unpaired) electrons. The largest absolute Gasteiger partial charge is 0.325 e. The highest BCUT2D eigenvalue weighted by Crippen LogP contribution is 2.39. The molecule has 0 unspecified atom stereocenters. The van der Waals surface area contributed by atoms with Gasteiger partial charge in [-0.3, -0.25) is 19.6 Å². The first-order chi connectivity index (χ1) is 18.1. The molecule has 1 amide bonds. The van der Waals surface area contributed by atoms with Crippen molar-refractivity contribution in [2.24, 2.45) is 0 Å². The van der Waals surface area contributed by atoms with Gasteiger partial charge < -0.3 is 5.32 Å². The molecule has 3 heterocycles. The highest BCUT2D eigenvalue weighted by atomic mass is 16.2. The average molecular weight is 513 g/mol. The van der Waals surface area contributed by atoms with E-state index in [1.54, 1.807) is 0 Å². The molecule has 5 rings (SSSR count). The molecule has 2 fully saturated rings. The molecule has 0 spiro atoms. The first-order valence-corrected chi connectivity index (χ1v) is 14.4. The van der Waals surface area contributed by atoms with Gasteiger partial charge in [-0.05, 0) is 116 Å². The minimum absolute atomic E-state index is 0.0530. The van der Waals surface area contributed by atoms with Crippen molar-refractivity contribution in [3.63, 3.8) is 0 Å². The van der Waals surface area contributed by atoms with Gasteiger partial charge in [0.05, 0.1) is 17.8 Å². The van der Waals surface area contributed by atoms with Crippen molar-refractivity contribution in [3.8, 4) is 0 Å². The molecule has 0 atom stereocenters. The highest BCUT2D eigenvalue weighted by molar-refractivity contribution is 5.94. The number of benzene rings is 2. The first kappa shape index (κ1) is 26.8. The Labute approximate surface area is 228 Å². The second-order valence-corrected chi connectivity index (χ2v) is 12.8. The molecule has 2 aliphatic heterocycles. The summed E-state index contributed by atoms with van der Waals surface area (Å²) in [4.78, 5) is 22.7. The fourth-order valence-electron chi connectivity index (χ4n) is 6.63. The van der Waals surface area contributed by atoms with Gasteiger partial charge in [0.25, 0.3) is 0 Å². The zero-order valence-corrected chi connectivity index (χ0v) is 23.9. The van der Waals surface area contributed by atoms with Crippen molar-refractivity contribution in [1.29, 1.82) is 0 Å². The molecule has 2 aromatic carbocycles.